The topological polar surface area (TPSA) is 107 Å². The van der Waals surface area contributed by atoms with Crippen LogP contribution in [0.25, 0.3) is 0 Å². The summed E-state index contributed by atoms with van der Waals surface area (Å²) in [5, 5.41) is 0. The molecule has 0 spiro atoms. The van der Waals surface area contributed by atoms with E-state index < -0.39 is 33.9 Å². The van der Waals surface area contributed by atoms with Crippen molar-refractivity contribution in [2.45, 2.75) is 44.6 Å². The van der Waals surface area contributed by atoms with Gasteiger partial charge in [0.25, 0.3) is 5.91 Å². The normalized spacial score (nSPS) is 17.9. The van der Waals surface area contributed by atoms with Crippen LogP contribution < -0.4 is 5.73 Å². The number of sulfonamides is 1. The molecule has 0 radical (unpaired) electrons. The molecular weight excluding hydrogens is 344 g/mol. The van der Waals surface area contributed by atoms with E-state index in [-0.39, 0.29) is 18.0 Å². The number of primary amides is 1. The first-order chi connectivity index (χ1) is 11.6. The number of benzene rings is 1. The lowest BCUT2D eigenvalue weighted by Gasteiger charge is -2.30. The Balaban J connectivity index is 2.02. The molecule has 1 heterocycles. The fourth-order valence-electron chi connectivity index (χ4n) is 2.68. The standard InChI is InChI=1S/C17H24N2O5S/c1-11-4-5-15(10-12(11)2)25(22,23)19-8-6-14(7-9-19)17(21)24-13(3)16(18)20/h4-5,10,13-14H,6-9H2,1-3H3,(H2,18,20). The Morgan fingerprint density at radius 2 is 1.80 bits per heavy atom. The van der Waals surface area contributed by atoms with Crippen LogP contribution >= 0.6 is 0 Å². The number of piperidine rings is 1. The summed E-state index contributed by atoms with van der Waals surface area (Å²) >= 11 is 0. The van der Waals surface area contributed by atoms with Crippen LogP contribution in [0, 0.1) is 19.8 Å². The molecule has 0 aromatic heterocycles. The number of rotatable bonds is 5. The van der Waals surface area contributed by atoms with Crippen LogP contribution in [0.3, 0.4) is 0 Å². The summed E-state index contributed by atoms with van der Waals surface area (Å²) in [5.74, 6) is -1.63. The van der Waals surface area contributed by atoms with Gasteiger partial charge in [-0.05, 0) is 56.9 Å². The summed E-state index contributed by atoms with van der Waals surface area (Å²) in [4.78, 5) is 23.3. The molecule has 1 saturated heterocycles. The maximum atomic E-state index is 12.7. The molecule has 1 aliphatic rings. The SMILES string of the molecule is Cc1ccc(S(=O)(=O)N2CCC(C(=O)OC(C)C(N)=O)CC2)cc1C. The number of esters is 1. The van der Waals surface area contributed by atoms with E-state index in [0.29, 0.717) is 12.8 Å². The summed E-state index contributed by atoms with van der Waals surface area (Å²) in [6.07, 6.45) is -0.271. The summed E-state index contributed by atoms with van der Waals surface area (Å²) < 4.78 is 31.9. The monoisotopic (exact) mass is 368 g/mol. The van der Waals surface area contributed by atoms with Crippen molar-refractivity contribution >= 4 is 21.9 Å². The van der Waals surface area contributed by atoms with Gasteiger partial charge in [-0.2, -0.15) is 4.31 Å². The number of carbonyl (C=O) groups is 2. The van der Waals surface area contributed by atoms with Gasteiger partial charge in [-0.1, -0.05) is 6.07 Å². The van der Waals surface area contributed by atoms with Gasteiger partial charge in [0.05, 0.1) is 10.8 Å². The van der Waals surface area contributed by atoms with Crippen LogP contribution in [-0.2, 0) is 24.3 Å². The van der Waals surface area contributed by atoms with E-state index in [1.165, 1.54) is 11.2 Å². The maximum Gasteiger partial charge on any atom is 0.309 e. The van der Waals surface area contributed by atoms with E-state index in [1.54, 1.807) is 18.2 Å². The fraction of sp³-hybridized carbons (Fsp3) is 0.529. The molecule has 1 aromatic rings. The Morgan fingerprint density at radius 1 is 1.20 bits per heavy atom. The van der Waals surface area contributed by atoms with Gasteiger partial charge in [0.15, 0.2) is 6.10 Å². The summed E-state index contributed by atoms with van der Waals surface area (Å²) in [7, 11) is -3.58. The third kappa shape index (κ3) is 4.38. The van der Waals surface area contributed by atoms with Crippen molar-refractivity contribution in [3.05, 3.63) is 29.3 Å². The highest BCUT2D eigenvalue weighted by Gasteiger charge is 2.33. The van der Waals surface area contributed by atoms with Crippen molar-refractivity contribution in [2.24, 2.45) is 11.7 Å². The van der Waals surface area contributed by atoms with E-state index in [4.69, 9.17) is 10.5 Å². The predicted molar refractivity (Wildman–Crippen MR) is 92.1 cm³/mol. The zero-order valence-corrected chi connectivity index (χ0v) is 15.5. The molecule has 1 unspecified atom stereocenters. The second-order valence-electron chi connectivity index (χ2n) is 6.41. The van der Waals surface area contributed by atoms with E-state index in [9.17, 15) is 18.0 Å². The second kappa shape index (κ2) is 7.53. The quantitative estimate of drug-likeness (QED) is 0.784. The molecule has 1 atom stereocenters. The highest BCUT2D eigenvalue weighted by molar-refractivity contribution is 7.89. The van der Waals surface area contributed by atoms with Gasteiger partial charge in [0.1, 0.15) is 0 Å². The van der Waals surface area contributed by atoms with Crippen LogP contribution in [0.15, 0.2) is 23.1 Å². The molecule has 1 aromatic carbocycles. The van der Waals surface area contributed by atoms with Gasteiger partial charge in [-0.15, -0.1) is 0 Å². The molecule has 138 valence electrons. The van der Waals surface area contributed by atoms with Crippen LogP contribution in [-0.4, -0.2) is 43.8 Å². The van der Waals surface area contributed by atoms with Gasteiger partial charge in [0, 0.05) is 13.1 Å². The third-order valence-corrected chi connectivity index (χ3v) is 6.49. The average Bonchev–Trinajstić information content (AvgIpc) is 2.57. The molecule has 7 nitrogen and oxygen atoms in total. The number of hydrogen-bond donors (Lipinski definition) is 1. The molecular formula is C17H24N2O5S. The lowest BCUT2D eigenvalue weighted by Crippen LogP contribution is -2.41. The summed E-state index contributed by atoms with van der Waals surface area (Å²) in [6.45, 7) is 5.69. The molecule has 1 amide bonds. The summed E-state index contributed by atoms with van der Waals surface area (Å²) in [5.41, 5.74) is 7.02. The molecule has 1 aliphatic heterocycles. The molecule has 2 N–H and O–H groups in total. The average molecular weight is 368 g/mol. The van der Waals surface area contributed by atoms with E-state index >= 15 is 0 Å². The lowest BCUT2D eigenvalue weighted by molar-refractivity contribution is -0.159. The van der Waals surface area contributed by atoms with Crippen LogP contribution in [0.5, 0.6) is 0 Å². The first-order valence-electron chi connectivity index (χ1n) is 8.20. The van der Waals surface area contributed by atoms with Crippen molar-refractivity contribution in [3.63, 3.8) is 0 Å². The molecule has 0 bridgehead atoms. The highest BCUT2D eigenvalue weighted by Crippen LogP contribution is 2.26. The van der Waals surface area contributed by atoms with Gasteiger partial charge < -0.3 is 10.5 Å². The lowest BCUT2D eigenvalue weighted by atomic mass is 9.98. The molecule has 1 fully saturated rings. The van der Waals surface area contributed by atoms with Crippen LogP contribution in [0.1, 0.15) is 30.9 Å². The minimum atomic E-state index is -3.58. The molecule has 0 aliphatic carbocycles. The number of aryl methyl sites for hydroxylation is 2. The molecule has 2 rings (SSSR count). The van der Waals surface area contributed by atoms with Crippen molar-refractivity contribution in [3.8, 4) is 0 Å². The number of carbonyl (C=O) groups excluding carboxylic acids is 2. The first-order valence-corrected chi connectivity index (χ1v) is 9.64. The maximum absolute atomic E-state index is 12.7. The van der Waals surface area contributed by atoms with Crippen LogP contribution in [0.4, 0.5) is 0 Å². The van der Waals surface area contributed by atoms with Gasteiger partial charge >= 0.3 is 5.97 Å². The smallest absolute Gasteiger partial charge is 0.309 e. The Kier molecular flexibility index (Phi) is 5.84. The minimum Gasteiger partial charge on any atom is -0.452 e. The molecule has 8 heteroatoms. The van der Waals surface area contributed by atoms with Gasteiger partial charge in [0.2, 0.25) is 10.0 Å². The molecule has 0 saturated carbocycles. The van der Waals surface area contributed by atoms with Crippen molar-refractivity contribution in [1.29, 1.82) is 0 Å². The summed E-state index contributed by atoms with van der Waals surface area (Å²) in [6, 6.07) is 5.06. The number of nitrogens with two attached hydrogens (primary N) is 1. The largest absolute Gasteiger partial charge is 0.452 e. The first kappa shape index (κ1) is 19.4. The second-order valence-corrected chi connectivity index (χ2v) is 8.34. The third-order valence-electron chi connectivity index (χ3n) is 4.60. The number of ether oxygens (including phenoxy) is 1. The Bertz CT molecular complexity index is 767. The zero-order chi connectivity index (χ0) is 18.8. The number of hydrogen-bond acceptors (Lipinski definition) is 5. The fourth-order valence-corrected chi connectivity index (χ4v) is 4.24. The predicted octanol–water partition coefficient (Wildman–Crippen LogP) is 1.12. The van der Waals surface area contributed by atoms with Crippen molar-refractivity contribution < 1.29 is 22.7 Å². The molecule has 25 heavy (non-hydrogen) atoms. The number of nitrogens with zero attached hydrogens (tertiary/aromatic N) is 1. The zero-order valence-electron chi connectivity index (χ0n) is 14.7. The number of amides is 1. The van der Waals surface area contributed by atoms with E-state index in [0.717, 1.165) is 11.1 Å². The van der Waals surface area contributed by atoms with E-state index in [1.807, 2.05) is 13.8 Å². The Morgan fingerprint density at radius 3 is 2.32 bits per heavy atom. The van der Waals surface area contributed by atoms with Gasteiger partial charge in [-0.25, -0.2) is 8.42 Å². The van der Waals surface area contributed by atoms with Crippen LogP contribution in [0.2, 0.25) is 0 Å². The Labute approximate surface area is 148 Å². The van der Waals surface area contributed by atoms with Crippen molar-refractivity contribution in [1.82, 2.24) is 4.31 Å². The van der Waals surface area contributed by atoms with Gasteiger partial charge in [-0.3, -0.25) is 9.59 Å². The Hall–Kier alpha value is -1.93. The minimum absolute atomic E-state index is 0.236. The van der Waals surface area contributed by atoms with Crippen molar-refractivity contribution in [2.75, 3.05) is 13.1 Å². The van der Waals surface area contributed by atoms with E-state index in [2.05, 4.69) is 0 Å². The highest BCUT2D eigenvalue weighted by atomic mass is 32.2.